The Bertz CT molecular complexity index is 1230. The molecule has 4 aliphatic rings. The van der Waals surface area contributed by atoms with E-state index in [1.54, 1.807) is 0 Å². The largest absolute Gasteiger partial charge is 0.495 e. The number of hydrogen-bond acceptors (Lipinski definition) is 9. The highest BCUT2D eigenvalue weighted by Gasteiger charge is 2.54. The first kappa shape index (κ1) is 39.9. The molecule has 4 N–H and O–H groups in total. The van der Waals surface area contributed by atoms with E-state index in [0.29, 0.717) is 18.6 Å². The molecule has 11 nitrogen and oxygen atoms in total. The molecule has 3 atom stereocenters. The first-order chi connectivity index (χ1) is 22.5. The van der Waals surface area contributed by atoms with Gasteiger partial charge in [0, 0.05) is 48.2 Å². The van der Waals surface area contributed by atoms with Crippen molar-refractivity contribution in [3.63, 3.8) is 0 Å². The molecule has 3 aliphatic heterocycles. The van der Waals surface area contributed by atoms with Crippen molar-refractivity contribution < 1.29 is 33.8 Å². The summed E-state index contributed by atoms with van der Waals surface area (Å²) < 4.78 is 19.3. The van der Waals surface area contributed by atoms with Gasteiger partial charge in [0.15, 0.2) is 0 Å². The first-order valence-corrected chi connectivity index (χ1v) is 17.5. The van der Waals surface area contributed by atoms with Crippen LogP contribution < -0.4 is 16.1 Å². The summed E-state index contributed by atoms with van der Waals surface area (Å²) in [6.07, 6.45) is 9.04. The Morgan fingerprint density at radius 1 is 1.08 bits per heavy atom. The van der Waals surface area contributed by atoms with Gasteiger partial charge in [0.25, 0.3) is 12.9 Å². The van der Waals surface area contributed by atoms with Crippen molar-refractivity contribution in [1.82, 2.24) is 10.2 Å². The Morgan fingerprint density at radius 2 is 1.73 bits per heavy atom. The van der Waals surface area contributed by atoms with E-state index in [9.17, 15) is 0 Å². The maximum Gasteiger partial charge on any atom is 0.495 e. The molecule has 5 rings (SSSR count). The molecule has 48 heavy (non-hydrogen) atoms. The van der Waals surface area contributed by atoms with Gasteiger partial charge in [-0.1, -0.05) is 0 Å². The van der Waals surface area contributed by atoms with Crippen molar-refractivity contribution in [3.8, 4) is 0 Å². The molecule has 0 spiro atoms. The second-order valence-electron chi connectivity index (χ2n) is 15.8. The van der Waals surface area contributed by atoms with Crippen molar-refractivity contribution in [2.75, 3.05) is 44.8 Å². The van der Waals surface area contributed by atoms with Crippen molar-refractivity contribution in [2.24, 2.45) is 10.9 Å². The summed E-state index contributed by atoms with van der Waals surface area (Å²) in [4.78, 5) is 24.2. The highest BCUT2D eigenvalue weighted by Crippen LogP contribution is 2.51. The quantitative estimate of drug-likeness (QED) is 0.240. The Hall–Kier alpha value is -2.51. The fourth-order valence-corrected chi connectivity index (χ4v) is 7.07. The molecule has 2 saturated heterocycles. The average molecular weight is 673 g/mol. The zero-order valence-corrected chi connectivity index (χ0v) is 30.9. The molecule has 270 valence electrons. The fourth-order valence-electron chi connectivity index (χ4n) is 7.07. The zero-order valence-electron chi connectivity index (χ0n) is 30.9. The van der Waals surface area contributed by atoms with Gasteiger partial charge in [-0.2, -0.15) is 0 Å². The lowest BCUT2D eigenvalue weighted by atomic mass is 9.70. The second-order valence-corrected chi connectivity index (χ2v) is 15.8. The lowest BCUT2D eigenvalue weighted by molar-refractivity contribution is -0.123. The van der Waals surface area contributed by atoms with Gasteiger partial charge in [0.05, 0.1) is 11.2 Å². The van der Waals surface area contributed by atoms with Crippen molar-refractivity contribution in [2.45, 2.75) is 129 Å². The van der Waals surface area contributed by atoms with Gasteiger partial charge in [-0.05, 0) is 148 Å². The number of carbonyl (C=O) groups is 2. The number of aryl methyl sites for hydroxylation is 1. The molecule has 0 amide bonds. The van der Waals surface area contributed by atoms with Gasteiger partial charge in [0.2, 0.25) is 0 Å². The molecule has 3 heterocycles. The van der Waals surface area contributed by atoms with Gasteiger partial charge < -0.3 is 34.9 Å². The summed E-state index contributed by atoms with van der Waals surface area (Å²) in [5.41, 5.74) is 5.62. The molecule has 1 aliphatic carbocycles. The minimum absolute atomic E-state index is 0.183. The minimum atomic E-state index is -0.429. The van der Waals surface area contributed by atoms with E-state index >= 15 is 0 Å². The normalized spacial score (nSPS) is 26.7. The van der Waals surface area contributed by atoms with Crippen LogP contribution in [0, 0.1) is 12.8 Å². The number of benzene rings is 1. The predicted octanol–water partition coefficient (Wildman–Crippen LogP) is 5.03. The molecular weight excluding hydrogens is 611 g/mol. The maximum absolute atomic E-state index is 8.36. The van der Waals surface area contributed by atoms with Crippen LogP contribution in [0.3, 0.4) is 0 Å². The van der Waals surface area contributed by atoms with Crippen LogP contribution >= 0.6 is 0 Å². The van der Waals surface area contributed by atoms with Crippen molar-refractivity contribution in [1.29, 1.82) is 0 Å². The van der Waals surface area contributed by atoms with E-state index in [0.717, 1.165) is 50.3 Å². The molecule has 12 heteroatoms. The zero-order chi connectivity index (χ0) is 35.8. The molecule has 1 aromatic carbocycles. The number of aliphatic imine (C=N–C) groups is 1. The molecule has 3 unspecified atom stereocenters. The smallest absolute Gasteiger partial charge is 0.483 e. The number of likely N-dealkylation sites (tertiary alicyclic amines) is 1. The van der Waals surface area contributed by atoms with Crippen LogP contribution in [0.5, 0.6) is 0 Å². The maximum atomic E-state index is 8.36. The van der Waals surface area contributed by atoms with Crippen LogP contribution in [-0.2, 0) is 23.6 Å². The standard InChI is InChI=1S/C34H57BN4O3.2CH2O2/c1-24-19-28-27(21-36-15-10-11-18-40-23-37-28)30(35-41-32(5,6)33(7,8)42-35)29(24)26-20-25(26)13-16-38-34(9)14-12-17-39(22-34)31(2,3)4;2*2-1-3/h19,21,25-26,37-38H,10-18,20,22-23H2,1-9H3;2*1H,(H,2,3). The third-order valence-electron chi connectivity index (χ3n) is 10.6. The second kappa shape index (κ2) is 16.9. The Kier molecular flexibility index (Phi) is 14.1. The van der Waals surface area contributed by atoms with Gasteiger partial charge in [0.1, 0.15) is 6.73 Å². The van der Waals surface area contributed by atoms with E-state index in [2.05, 4.69) is 90.1 Å². The molecule has 3 fully saturated rings. The molecular formula is C36H61BN4O7. The molecule has 1 aromatic rings. The number of ether oxygens (including phenoxy) is 1. The van der Waals surface area contributed by atoms with E-state index in [-0.39, 0.29) is 24.0 Å². The molecule has 1 saturated carbocycles. The van der Waals surface area contributed by atoms with Crippen LogP contribution in [0.15, 0.2) is 11.1 Å². The van der Waals surface area contributed by atoms with Crippen LogP contribution in [-0.4, -0.2) is 103 Å². The summed E-state index contributed by atoms with van der Waals surface area (Å²) in [5, 5.41) is 21.3. The predicted molar refractivity (Wildman–Crippen MR) is 193 cm³/mol. The fraction of sp³-hybridized carbons (Fsp3) is 0.750. The Labute approximate surface area is 288 Å². The van der Waals surface area contributed by atoms with Gasteiger partial charge >= 0.3 is 7.12 Å². The van der Waals surface area contributed by atoms with Crippen LogP contribution in [0.4, 0.5) is 5.69 Å². The van der Waals surface area contributed by atoms with Gasteiger partial charge in [-0.3, -0.25) is 19.5 Å². The lowest BCUT2D eigenvalue weighted by Crippen LogP contribution is -2.59. The number of rotatable bonds is 6. The highest BCUT2D eigenvalue weighted by molar-refractivity contribution is 6.64. The SMILES string of the molecule is Cc1cc2c(c(B3OC(C)(C)C(C)(C)O3)c1C1CC1CCNC1(C)CCCN(C(C)(C)C)C1)C=NCCCCOCN2.O=CO.O=CO. The van der Waals surface area contributed by atoms with Crippen LogP contribution in [0.1, 0.15) is 117 Å². The highest BCUT2D eigenvalue weighted by atomic mass is 16.7. The van der Waals surface area contributed by atoms with E-state index < -0.39 is 18.3 Å². The van der Waals surface area contributed by atoms with Crippen molar-refractivity contribution in [3.05, 3.63) is 22.8 Å². The lowest BCUT2D eigenvalue weighted by Gasteiger charge is -2.47. The van der Waals surface area contributed by atoms with Gasteiger partial charge in [-0.25, -0.2) is 0 Å². The molecule has 0 aromatic heterocycles. The number of fused-ring (bicyclic) bond motifs is 1. The Balaban J connectivity index is 0.000000969. The third kappa shape index (κ3) is 10.3. The number of piperidine rings is 1. The monoisotopic (exact) mass is 672 g/mol. The summed E-state index contributed by atoms with van der Waals surface area (Å²) in [6.45, 7) is 25.2. The molecule has 0 radical (unpaired) electrons. The average Bonchev–Trinajstić information content (AvgIpc) is 3.70. The van der Waals surface area contributed by atoms with E-state index in [1.165, 1.54) is 48.8 Å². The summed E-state index contributed by atoms with van der Waals surface area (Å²) in [6, 6.07) is 2.30. The number of nitrogens with one attached hydrogen (secondary N) is 2. The summed E-state index contributed by atoms with van der Waals surface area (Å²) in [5.74, 6) is 1.18. The first-order valence-electron chi connectivity index (χ1n) is 17.5. The topological polar surface area (TPSA) is 142 Å². The molecule has 0 bridgehead atoms. The van der Waals surface area contributed by atoms with Crippen LogP contribution in [0.25, 0.3) is 0 Å². The van der Waals surface area contributed by atoms with E-state index in [1.807, 2.05) is 0 Å². The number of nitrogens with zero attached hydrogens (tertiary/aromatic N) is 2. The minimum Gasteiger partial charge on any atom is -0.483 e. The summed E-state index contributed by atoms with van der Waals surface area (Å²) in [7, 11) is -0.429. The number of carboxylic acid groups (broad SMARTS) is 2. The van der Waals surface area contributed by atoms with Crippen LogP contribution in [0.2, 0.25) is 0 Å². The number of anilines is 1. The summed E-state index contributed by atoms with van der Waals surface area (Å²) >= 11 is 0. The number of hydrogen-bond donors (Lipinski definition) is 4. The van der Waals surface area contributed by atoms with E-state index in [4.69, 9.17) is 38.8 Å². The van der Waals surface area contributed by atoms with Gasteiger partial charge in [-0.15, -0.1) is 0 Å². The Morgan fingerprint density at radius 3 is 2.35 bits per heavy atom. The third-order valence-corrected chi connectivity index (χ3v) is 10.6. The van der Waals surface area contributed by atoms with Crippen molar-refractivity contribution >= 4 is 37.4 Å².